The number of rotatable bonds is 10. The zero-order valence-corrected chi connectivity index (χ0v) is 12.9. The van der Waals surface area contributed by atoms with E-state index in [0.29, 0.717) is 0 Å². The molecule has 0 bridgehead atoms. The first-order valence-electron chi connectivity index (χ1n) is 4.89. The SMILES string of the molecule is O=P(O)(O)OCC(CO)(COP(=O)(O)O)COP(=O)(O)O. The summed E-state index contributed by atoms with van der Waals surface area (Å²) < 4.78 is 44.0. The van der Waals surface area contributed by atoms with Gasteiger partial charge in [-0.15, -0.1) is 0 Å². The molecule has 0 saturated heterocycles. The van der Waals surface area contributed by atoms with Gasteiger partial charge in [0.05, 0.1) is 31.8 Å². The second-order valence-corrected chi connectivity index (χ2v) is 7.67. The molecular formula is C5H15O13P3. The van der Waals surface area contributed by atoms with Crippen LogP contribution >= 0.6 is 23.5 Å². The van der Waals surface area contributed by atoms with Gasteiger partial charge in [0.25, 0.3) is 0 Å². The van der Waals surface area contributed by atoms with Gasteiger partial charge in [0.2, 0.25) is 0 Å². The number of aliphatic hydroxyl groups is 1. The van der Waals surface area contributed by atoms with Crippen molar-refractivity contribution >= 4 is 23.5 Å². The largest absolute Gasteiger partial charge is 0.469 e. The van der Waals surface area contributed by atoms with Crippen LogP contribution in [0.5, 0.6) is 0 Å². The second-order valence-electron chi connectivity index (χ2n) is 3.95. The predicted octanol–water partition coefficient (Wildman–Crippen LogP) is -1.71. The fraction of sp³-hybridized carbons (Fsp3) is 1.00. The highest BCUT2D eigenvalue weighted by Crippen LogP contribution is 2.44. The molecule has 0 amide bonds. The third kappa shape index (κ3) is 11.5. The summed E-state index contributed by atoms with van der Waals surface area (Å²) in [6.45, 7) is -4.21. The molecule has 0 aliphatic heterocycles. The topological polar surface area (TPSA) is 221 Å². The van der Waals surface area contributed by atoms with Gasteiger partial charge in [0, 0.05) is 0 Å². The molecule has 0 rings (SSSR count). The highest BCUT2D eigenvalue weighted by molar-refractivity contribution is 7.46. The molecule has 0 unspecified atom stereocenters. The van der Waals surface area contributed by atoms with Crippen molar-refractivity contribution in [3.63, 3.8) is 0 Å². The summed E-state index contributed by atoms with van der Waals surface area (Å²) in [5.74, 6) is 0. The van der Waals surface area contributed by atoms with Gasteiger partial charge in [-0.3, -0.25) is 13.6 Å². The molecule has 0 aromatic heterocycles. The third-order valence-electron chi connectivity index (χ3n) is 1.95. The van der Waals surface area contributed by atoms with E-state index in [9.17, 15) is 13.7 Å². The molecule has 21 heavy (non-hydrogen) atoms. The lowest BCUT2D eigenvalue weighted by Crippen LogP contribution is -2.40. The Balaban J connectivity index is 5.03. The van der Waals surface area contributed by atoms with Crippen LogP contribution in [-0.4, -0.2) is 60.9 Å². The van der Waals surface area contributed by atoms with Gasteiger partial charge in [-0.1, -0.05) is 0 Å². The molecular weight excluding hydrogens is 361 g/mol. The van der Waals surface area contributed by atoms with Crippen molar-refractivity contribution in [1.29, 1.82) is 0 Å². The van der Waals surface area contributed by atoms with Crippen LogP contribution in [0.1, 0.15) is 0 Å². The van der Waals surface area contributed by atoms with E-state index in [4.69, 9.17) is 34.5 Å². The summed E-state index contributed by atoms with van der Waals surface area (Å²) in [7, 11) is -15.0. The Morgan fingerprint density at radius 3 is 1.05 bits per heavy atom. The first-order chi connectivity index (χ1) is 9.18. The molecule has 0 spiro atoms. The highest BCUT2D eigenvalue weighted by Gasteiger charge is 2.38. The summed E-state index contributed by atoms with van der Waals surface area (Å²) in [5.41, 5.74) is -2.02. The van der Waals surface area contributed by atoms with Crippen molar-refractivity contribution < 1.29 is 61.7 Å². The van der Waals surface area contributed by atoms with Gasteiger partial charge in [0.15, 0.2) is 0 Å². The first kappa shape index (κ1) is 21.3. The van der Waals surface area contributed by atoms with Crippen LogP contribution in [0.15, 0.2) is 0 Å². The Morgan fingerprint density at radius 1 is 0.667 bits per heavy atom. The molecule has 0 fully saturated rings. The number of phosphoric ester groups is 3. The maximum absolute atomic E-state index is 10.6. The summed E-state index contributed by atoms with van der Waals surface area (Å²) >= 11 is 0. The Kier molecular flexibility index (Phi) is 7.82. The molecule has 0 saturated carbocycles. The van der Waals surface area contributed by atoms with Crippen molar-refractivity contribution in [2.24, 2.45) is 5.41 Å². The van der Waals surface area contributed by atoms with E-state index in [-0.39, 0.29) is 0 Å². The van der Waals surface area contributed by atoms with Crippen molar-refractivity contribution in [2.75, 3.05) is 26.4 Å². The maximum atomic E-state index is 10.6. The lowest BCUT2D eigenvalue weighted by molar-refractivity contribution is -0.0297. The average Bonchev–Trinajstić information content (AvgIpc) is 2.25. The molecule has 0 aromatic carbocycles. The van der Waals surface area contributed by atoms with Gasteiger partial charge in [-0.2, -0.15) is 0 Å². The molecule has 0 aliphatic rings. The first-order valence-corrected chi connectivity index (χ1v) is 9.48. The van der Waals surface area contributed by atoms with Crippen LogP contribution in [-0.2, 0) is 27.3 Å². The molecule has 7 N–H and O–H groups in total. The van der Waals surface area contributed by atoms with E-state index < -0.39 is 55.3 Å². The van der Waals surface area contributed by atoms with E-state index in [1.807, 2.05) is 0 Å². The number of phosphoric acid groups is 3. The molecule has 0 aliphatic carbocycles. The van der Waals surface area contributed by atoms with Crippen molar-refractivity contribution in [3.05, 3.63) is 0 Å². The number of aliphatic hydroxyl groups excluding tert-OH is 1. The highest BCUT2D eigenvalue weighted by atomic mass is 31.2. The number of hydrogen-bond acceptors (Lipinski definition) is 7. The van der Waals surface area contributed by atoms with E-state index in [1.165, 1.54) is 0 Å². The lowest BCUT2D eigenvalue weighted by Gasteiger charge is -2.30. The van der Waals surface area contributed by atoms with Crippen LogP contribution in [0, 0.1) is 5.41 Å². The molecule has 0 atom stereocenters. The van der Waals surface area contributed by atoms with Gasteiger partial charge in [-0.05, 0) is 0 Å². The zero-order valence-electron chi connectivity index (χ0n) is 10.3. The summed E-state index contributed by atoms with van der Waals surface area (Å²) in [6.07, 6.45) is 0. The zero-order chi connectivity index (χ0) is 16.9. The lowest BCUT2D eigenvalue weighted by atomic mass is 9.93. The molecule has 0 heterocycles. The van der Waals surface area contributed by atoms with Crippen LogP contribution in [0.2, 0.25) is 0 Å². The van der Waals surface area contributed by atoms with Crippen molar-refractivity contribution in [2.45, 2.75) is 0 Å². The fourth-order valence-corrected chi connectivity index (χ4v) is 2.25. The Morgan fingerprint density at radius 2 is 0.905 bits per heavy atom. The van der Waals surface area contributed by atoms with Crippen LogP contribution in [0.4, 0.5) is 0 Å². The van der Waals surface area contributed by atoms with Crippen LogP contribution < -0.4 is 0 Å². The van der Waals surface area contributed by atoms with Gasteiger partial charge < -0.3 is 34.5 Å². The van der Waals surface area contributed by atoms with E-state index in [2.05, 4.69) is 13.6 Å². The molecule has 13 nitrogen and oxygen atoms in total. The Hall–Kier alpha value is 0.290. The minimum Gasteiger partial charge on any atom is -0.396 e. The minimum atomic E-state index is -5.01. The fourth-order valence-electron chi connectivity index (χ4n) is 0.925. The maximum Gasteiger partial charge on any atom is 0.469 e. The molecule has 16 heteroatoms. The minimum absolute atomic E-state index is 1.05. The van der Waals surface area contributed by atoms with Crippen LogP contribution in [0.3, 0.4) is 0 Å². The molecule has 128 valence electrons. The summed E-state index contributed by atoms with van der Waals surface area (Å²) in [5, 5.41) is 9.17. The number of hydrogen-bond donors (Lipinski definition) is 7. The van der Waals surface area contributed by atoms with Gasteiger partial charge in [0.1, 0.15) is 0 Å². The van der Waals surface area contributed by atoms with Crippen molar-refractivity contribution in [1.82, 2.24) is 0 Å². The standard InChI is InChI=1S/C5H15O13P3/c6-1-5(2-16-19(7,8)9,3-17-20(10,11)12)4-18-21(13,14)15/h6H,1-4H2,(H2,7,8,9)(H2,10,11,12)(H2,13,14,15). The van der Waals surface area contributed by atoms with Crippen molar-refractivity contribution in [3.8, 4) is 0 Å². The Labute approximate surface area is 118 Å². The third-order valence-corrected chi connectivity index (χ3v) is 3.35. The summed E-state index contributed by atoms with van der Waals surface area (Å²) in [6, 6.07) is 0. The van der Waals surface area contributed by atoms with E-state index in [0.717, 1.165) is 0 Å². The monoisotopic (exact) mass is 376 g/mol. The molecule has 0 aromatic rings. The van der Waals surface area contributed by atoms with Crippen LogP contribution in [0.25, 0.3) is 0 Å². The molecule has 0 radical (unpaired) electrons. The van der Waals surface area contributed by atoms with Gasteiger partial charge >= 0.3 is 23.5 Å². The van der Waals surface area contributed by atoms with E-state index in [1.54, 1.807) is 0 Å². The summed E-state index contributed by atoms with van der Waals surface area (Å²) in [4.78, 5) is 51.3. The van der Waals surface area contributed by atoms with Gasteiger partial charge in [-0.25, -0.2) is 13.7 Å². The smallest absolute Gasteiger partial charge is 0.396 e. The normalized spacial score (nSPS) is 14.4. The quantitative estimate of drug-likeness (QED) is 0.211. The average molecular weight is 376 g/mol. The second kappa shape index (κ2) is 7.71. The Bertz CT molecular complexity index is 392. The van der Waals surface area contributed by atoms with E-state index >= 15 is 0 Å². The predicted molar refractivity (Wildman–Crippen MR) is 63.5 cm³/mol.